The maximum atomic E-state index is 11.7. The zero-order valence-corrected chi connectivity index (χ0v) is 17.4. The van der Waals surface area contributed by atoms with Gasteiger partial charge >= 0.3 is 11.9 Å². The first-order valence-corrected chi connectivity index (χ1v) is 8.88. The second-order valence-electron chi connectivity index (χ2n) is 3.78. The molecule has 0 heterocycles. The molecule has 0 spiro atoms. The second-order valence-corrected chi connectivity index (χ2v) is 7.67. The van der Waals surface area contributed by atoms with Crippen LogP contribution in [0.5, 0.6) is 0 Å². The number of alkyl halides is 1. The first-order chi connectivity index (χ1) is 9.59. The summed E-state index contributed by atoms with van der Waals surface area (Å²) in [7, 11) is 0. The number of carbonyl (C=O) groups is 3. The van der Waals surface area contributed by atoms with E-state index in [4.69, 9.17) is 11.6 Å². The molecule has 0 aliphatic heterocycles. The summed E-state index contributed by atoms with van der Waals surface area (Å²) < 4.78 is 0.618. The molecule has 6 nitrogen and oxygen atoms in total. The van der Waals surface area contributed by atoms with Gasteiger partial charge in [0.2, 0.25) is 5.91 Å². The Morgan fingerprint density at radius 2 is 1.38 bits per heavy atom. The molecule has 1 atom stereocenters. The average Bonchev–Trinajstić information content (AvgIpc) is 2.32. The maximum Gasteiger partial charge on any atom is 0.337 e. The second kappa shape index (κ2) is 7.59. The predicted octanol–water partition coefficient (Wildman–Crippen LogP) is 3.46. The van der Waals surface area contributed by atoms with Crippen molar-refractivity contribution in [2.75, 3.05) is 5.32 Å². The number of anilines is 1. The van der Waals surface area contributed by atoms with E-state index >= 15 is 0 Å². The number of hydrogen-bond donors (Lipinski definition) is 3. The summed E-state index contributed by atoms with van der Waals surface area (Å²) in [5.74, 6) is -3.07. The highest BCUT2D eigenvalue weighted by Gasteiger charge is 2.28. The fourth-order valence-corrected chi connectivity index (χ4v) is 5.79. The topological polar surface area (TPSA) is 104 Å². The number of rotatable bonds is 4. The largest absolute Gasteiger partial charge is 0.478 e. The Morgan fingerprint density at radius 3 is 1.67 bits per heavy atom. The van der Waals surface area contributed by atoms with Gasteiger partial charge < -0.3 is 15.5 Å². The molecular weight excluding hydrogens is 642 g/mol. The number of hydrogen-bond acceptors (Lipinski definition) is 3. The van der Waals surface area contributed by atoms with Crippen LogP contribution in [0.15, 0.2) is 0 Å². The smallest absolute Gasteiger partial charge is 0.337 e. The number of benzene rings is 1. The van der Waals surface area contributed by atoms with Gasteiger partial charge in [0.1, 0.15) is 5.38 Å². The van der Waals surface area contributed by atoms with E-state index in [0.717, 1.165) is 0 Å². The fourth-order valence-electron chi connectivity index (χ4n) is 1.37. The zero-order valence-electron chi connectivity index (χ0n) is 10.2. The third-order valence-electron chi connectivity index (χ3n) is 2.35. The molecule has 1 rings (SSSR count). The average molecular weight is 649 g/mol. The minimum atomic E-state index is -1.27. The molecule has 0 radical (unpaired) electrons. The number of carboxylic acids is 2. The number of nitrogens with one attached hydrogen (secondary N) is 1. The van der Waals surface area contributed by atoms with Crippen molar-refractivity contribution in [3.63, 3.8) is 0 Å². The summed E-state index contributed by atoms with van der Waals surface area (Å²) >= 11 is 10.9. The summed E-state index contributed by atoms with van der Waals surface area (Å²) in [6, 6.07) is 0. The van der Waals surface area contributed by atoms with Gasteiger partial charge in [-0.05, 0) is 74.7 Å². The van der Waals surface area contributed by atoms with E-state index in [1.165, 1.54) is 6.92 Å². The van der Waals surface area contributed by atoms with Crippen LogP contribution in [-0.4, -0.2) is 33.4 Å². The van der Waals surface area contributed by atoms with Crippen molar-refractivity contribution in [3.05, 3.63) is 21.8 Å². The van der Waals surface area contributed by atoms with Crippen molar-refractivity contribution in [2.45, 2.75) is 12.3 Å². The van der Waals surface area contributed by atoms with E-state index in [0.29, 0.717) is 0 Å². The molecule has 1 aromatic carbocycles. The number of amides is 1. The van der Waals surface area contributed by atoms with Crippen LogP contribution < -0.4 is 5.32 Å². The zero-order chi connectivity index (χ0) is 16.5. The lowest BCUT2D eigenvalue weighted by molar-refractivity contribution is -0.115. The highest BCUT2D eigenvalue weighted by atomic mass is 127. The number of carboxylic acid groups (broad SMARTS) is 2. The van der Waals surface area contributed by atoms with Gasteiger partial charge in [0, 0.05) is 3.57 Å². The Hall–Kier alpha value is 0.110. The van der Waals surface area contributed by atoms with E-state index in [2.05, 4.69) is 5.32 Å². The van der Waals surface area contributed by atoms with E-state index in [1.54, 1.807) is 67.8 Å². The molecular formula is C11H7ClI3NO5. The lowest BCUT2D eigenvalue weighted by Gasteiger charge is -2.16. The van der Waals surface area contributed by atoms with Crippen LogP contribution in [0.4, 0.5) is 5.69 Å². The van der Waals surface area contributed by atoms with Gasteiger partial charge in [0.05, 0.1) is 24.0 Å². The van der Waals surface area contributed by atoms with Crippen molar-refractivity contribution in [1.82, 2.24) is 0 Å². The normalized spacial score (nSPS) is 11.9. The van der Waals surface area contributed by atoms with Crippen LogP contribution in [0.1, 0.15) is 27.6 Å². The van der Waals surface area contributed by atoms with Crippen molar-refractivity contribution in [2.24, 2.45) is 0 Å². The lowest BCUT2D eigenvalue weighted by Crippen LogP contribution is -2.24. The van der Waals surface area contributed by atoms with Crippen LogP contribution in [0.25, 0.3) is 0 Å². The summed E-state index contributed by atoms with van der Waals surface area (Å²) in [6.45, 7) is 1.46. The molecule has 0 aliphatic carbocycles. The Morgan fingerprint density at radius 1 is 1.00 bits per heavy atom. The third kappa shape index (κ3) is 4.10. The van der Waals surface area contributed by atoms with Crippen LogP contribution in [0.2, 0.25) is 0 Å². The van der Waals surface area contributed by atoms with Gasteiger partial charge in [-0.2, -0.15) is 0 Å². The monoisotopic (exact) mass is 649 g/mol. The van der Waals surface area contributed by atoms with Crippen LogP contribution in [0, 0.1) is 10.7 Å². The minimum absolute atomic E-state index is 0.110. The Labute approximate surface area is 165 Å². The van der Waals surface area contributed by atoms with E-state index in [-0.39, 0.29) is 27.5 Å². The molecule has 1 aromatic rings. The summed E-state index contributed by atoms with van der Waals surface area (Å²) in [6.07, 6.45) is 0. The summed E-state index contributed by atoms with van der Waals surface area (Å²) in [5, 5.41) is 20.2. The van der Waals surface area contributed by atoms with Gasteiger partial charge in [-0.25, -0.2) is 9.59 Å². The predicted molar refractivity (Wildman–Crippen MR) is 102 cm³/mol. The minimum Gasteiger partial charge on any atom is -0.478 e. The van der Waals surface area contributed by atoms with Crippen LogP contribution in [0.3, 0.4) is 0 Å². The fraction of sp³-hybridized carbons (Fsp3) is 0.182. The first kappa shape index (κ1) is 19.2. The van der Waals surface area contributed by atoms with E-state index in [9.17, 15) is 24.6 Å². The van der Waals surface area contributed by atoms with Gasteiger partial charge in [-0.15, -0.1) is 11.6 Å². The molecule has 1 unspecified atom stereocenters. The Kier molecular flexibility index (Phi) is 6.92. The van der Waals surface area contributed by atoms with Gasteiger partial charge in [0.25, 0.3) is 0 Å². The molecule has 0 saturated carbocycles. The molecule has 0 fully saturated rings. The van der Waals surface area contributed by atoms with Crippen molar-refractivity contribution < 1.29 is 24.6 Å². The standard InChI is InChI=1S/C11H7ClI3NO5/c1-2(12)9(17)16-8-6(14)3(10(18)19)5(13)4(7(8)15)11(20)21/h2H,1H3,(H,16,17)(H,18,19)(H,20,21). The van der Waals surface area contributed by atoms with Gasteiger partial charge in [0.15, 0.2) is 0 Å². The highest BCUT2D eigenvalue weighted by molar-refractivity contribution is 14.1. The SMILES string of the molecule is CC(Cl)C(=O)Nc1c(I)c(C(=O)O)c(I)c(C(=O)O)c1I. The summed E-state index contributed by atoms with van der Waals surface area (Å²) in [5.41, 5.74) is -0.179. The van der Waals surface area contributed by atoms with Gasteiger partial charge in [-0.1, -0.05) is 0 Å². The van der Waals surface area contributed by atoms with Crippen molar-refractivity contribution in [3.8, 4) is 0 Å². The maximum absolute atomic E-state index is 11.7. The first-order valence-electron chi connectivity index (χ1n) is 5.21. The quantitative estimate of drug-likeness (QED) is 0.343. The van der Waals surface area contributed by atoms with E-state index in [1.807, 2.05) is 0 Å². The highest BCUT2D eigenvalue weighted by Crippen LogP contribution is 2.35. The number of carbonyl (C=O) groups excluding carboxylic acids is 1. The molecule has 3 N–H and O–H groups in total. The molecule has 0 saturated heterocycles. The number of halogens is 4. The molecule has 114 valence electrons. The van der Waals surface area contributed by atoms with Gasteiger partial charge in [-0.3, -0.25) is 4.79 Å². The molecule has 10 heteroatoms. The van der Waals surface area contributed by atoms with E-state index < -0.39 is 23.2 Å². The number of aromatic carboxylic acids is 2. The van der Waals surface area contributed by atoms with Crippen molar-refractivity contribution in [1.29, 1.82) is 0 Å². The van der Waals surface area contributed by atoms with Crippen LogP contribution in [-0.2, 0) is 4.79 Å². The summed E-state index contributed by atoms with van der Waals surface area (Å²) in [4.78, 5) is 34.4. The lowest BCUT2D eigenvalue weighted by atomic mass is 10.1. The molecule has 0 aliphatic rings. The molecule has 0 aromatic heterocycles. The Bertz CT molecular complexity index is 606. The van der Waals surface area contributed by atoms with Crippen LogP contribution >= 0.6 is 79.4 Å². The molecule has 1 amide bonds. The molecule has 21 heavy (non-hydrogen) atoms. The third-order valence-corrected chi connectivity index (χ3v) is 5.79. The molecule has 0 bridgehead atoms. The van der Waals surface area contributed by atoms with Crippen molar-refractivity contribution >= 4 is 103 Å². The Balaban J connectivity index is 3.67.